The molecule has 0 saturated carbocycles. The maximum Gasteiger partial charge on any atom is 0.208 e. The molecule has 0 fully saturated rings. The predicted molar refractivity (Wildman–Crippen MR) is 79.7 cm³/mol. The summed E-state index contributed by atoms with van der Waals surface area (Å²) in [5, 5.41) is 2.19. The average Bonchev–Trinajstić information content (AvgIpc) is 2.82. The number of benzene rings is 2. The molecule has 2 aromatic carbocycles. The first-order chi connectivity index (χ1) is 9.34. The minimum absolute atomic E-state index is 0.539. The van der Waals surface area contributed by atoms with Crippen LogP contribution in [0.15, 0.2) is 77.3 Å². The molecule has 4 heteroatoms. The molecule has 1 aliphatic heterocycles. The summed E-state index contributed by atoms with van der Waals surface area (Å²) in [6, 6.07) is 19.3. The first-order valence-electron chi connectivity index (χ1n) is 5.91. The van der Waals surface area contributed by atoms with Crippen molar-refractivity contribution in [1.29, 1.82) is 0 Å². The van der Waals surface area contributed by atoms with Crippen LogP contribution < -0.4 is 4.90 Å². The van der Waals surface area contributed by atoms with Gasteiger partial charge in [0, 0.05) is 17.3 Å². The van der Waals surface area contributed by atoms with Crippen molar-refractivity contribution in [1.82, 2.24) is 0 Å². The molecule has 3 nitrogen and oxygen atoms in total. The van der Waals surface area contributed by atoms with E-state index in [1.165, 1.54) is 0 Å². The summed E-state index contributed by atoms with van der Waals surface area (Å²) in [6.45, 7) is 0. The van der Waals surface area contributed by atoms with Crippen molar-refractivity contribution in [3.63, 3.8) is 0 Å². The highest BCUT2D eigenvalue weighted by Gasteiger charge is 2.22. The summed E-state index contributed by atoms with van der Waals surface area (Å²) >= 11 is 0. The highest BCUT2D eigenvalue weighted by Crippen LogP contribution is 2.23. The Hall–Kier alpha value is -2.20. The first kappa shape index (κ1) is 11.9. The van der Waals surface area contributed by atoms with Crippen molar-refractivity contribution >= 4 is 27.3 Å². The molecule has 2 aromatic rings. The Bertz CT molecular complexity index is 650. The third-order valence-electron chi connectivity index (χ3n) is 2.73. The van der Waals surface area contributed by atoms with E-state index >= 15 is 0 Å². The van der Waals surface area contributed by atoms with Crippen molar-refractivity contribution in [2.75, 3.05) is 4.90 Å². The number of hydrogen-bond acceptors (Lipinski definition) is 2. The summed E-state index contributed by atoms with van der Waals surface area (Å²) < 4.78 is 12.0. The summed E-state index contributed by atoms with van der Waals surface area (Å²) in [5.41, 5.74) is 1.76. The molecule has 1 heterocycles. The van der Waals surface area contributed by atoms with Crippen LogP contribution in [-0.4, -0.2) is 9.38 Å². The van der Waals surface area contributed by atoms with Gasteiger partial charge in [-0.3, -0.25) is 4.90 Å². The standard InChI is InChI=1S/C15H12N2OS/c18-19-12-11-17(14-9-5-2-6-10-14)15(19)16-13-7-3-1-4-8-13/h1-12H. The van der Waals surface area contributed by atoms with E-state index in [2.05, 4.69) is 4.99 Å². The zero-order valence-electron chi connectivity index (χ0n) is 10.1. The van der Waals surface area contributed by atoms with E-state index in [0.717, 1.165) is 11.4 Å². The quantitative estimate of drug-likeness (QED) is 0.836. The molecule has 1 atom stereocenters. The van der Waals surface area contributed by atoms with E-state index in [1.807, 2.05) is 65.6 Å². The fourth-order valence-corrected chi connectivity index (χ4v) is 2.74. The van der Waals surface area contributed by atoms with Gasteiger partial charge < -0.3 is 0 Å². The third kappa shape index (κ3) is 2.48. The van der Waals surface area contributed by atoms with E-state index in [4.69, 9.17) is 0 Å². The molecule has 3 rings (SSSR count). The topological polar surface area (TPSA) is 32.7 Å². The minimum Gasteiger partial charge on any atom is -0.293 e. The molecular formula is C15H12N2OS. The second kappa shape index (κ2) is 5.20. The van der Waals surface area contributed by atoms with Crippen LogP contribution in [0, 0.1) is 0 Å². The van der Waals surface area contributed by atoms with Gasteiger partial charge in [0.15, 0.2) is 0 Å². The zero-order valence-corrected chi connectivity index (χ0v) is 11.0. The Morgan fingerprint density at radius 1 is 0.895 bits per heavy atom. The van der Waals surface area contributed by atoms with Gasteiger partial charge in [0.05, 0.1) is 5.69 Å². The van der Waals surface area contributed by atoms with Crippen LogP contribution in [0.2, 0.25) is 0 Å². The number of nitrogens with zero attached hydrogens (tertiary/aromatic N) is 2. The molecule has 0 amide bonds. The predicted octanol–water partition coefficient (Wildman–Crippen LogP) is 3.41. The number of para-hydroxylation sites is 2. The van der Waals surface area contributed by atoms with Gasteiger partial charge in [0.25, 0.3) is 0 Å². The summed E-state index contributed by atoms with van der Waals surface area (Å²) in [5.74, 6) is 0. The van der Waals surface area contributed by atoms with Crippen LogP contribution in [0.4, 0.5) is 11.4 Å². The van der Waals surface area contributed by atoms with Gasteiger partial charge in [-0.15, -0.1) is 0 Å². The maximum atomic E-state index is 12.0. The van der Waals surface area contributed by atoms with Crippen LogP contribution >= 0.6 is 0 Å². The van der Waals surface area contributed by atoms with E-state index < -0.39 is 10.8 Å². The normalized spacial score (nSPS) is 20.1. The van der Waals surface area contributed by atoms with Crippen molar-refractivity contribution in [3.05, 3.63) is 72.3 Å². The van der Waals surface area contributed by atoms with Gasteiger partial charge in [0.1, 0.15) is 10.8 Å². The van der Waals surface area contributed by atoms with E-state index in [0.29, 0.717) is 5.17 Å². The fourth-order valence-electron chi connectivity index (χ4n) is 1.83. The molecule has 0 radical (unpaired) electrons. The van der Waals surface area contributed by atoms with Gasteiger partial charge in [-0.25, -0.2) is 9.20 Å². The molecule has 1 unspecified atom stereocenters. The Morgan fingerprint density at radius 3 is 2.21 bits per heavy atom. The van der Waals surface area contributed by atoms with Gasteiger partial charge >= 0.3 is 0 Å². The molecular weight excluding hydrogens is 256 g/mol. The van der Waals surface area contributed by atoms with Gasteiger partial charge in [0.2, 0.25) is 5.17 Å². The van der Waals surface area contributed by atoms with Gasteiger partial charge in [-0.1, -0.05) is 36.4 Å². The highest BCUT2D eigenvalue weighted by molar-refractivity contribution is 8.03. The summed E-state index contributed by atoms with van der Waals surface area (Å²) in [7, 11) is -1.20. The largest absolute Gasteiger partial charge is 0.293 e. The number of rotatable bonds is 2. The van der Waals surface area contributed by atoms with Crippen LogP contribution in [0.5, 0.6) is 0 Å². The zero-order chi connectivity index (χ0) is 13.1. The molecule has 94 valence electrons. The van der Waals surface area contributed by atoms with Gasteiger partial charge in [-0.2, -0.15) is 0 Å². The molecule has 0 N–H and O–H groups in total. The van der Waals surface area contributed by atoms with Crippen molar-refractivity contribution in [2.24, 2.45) is 4.99 Å². The number of hydrogen-bond donors (Lipinski definition) is 0. The molecule has 0 saturated heterocycles. The Kier molecular flexibility index (Phi) is 3.25. The number of amidine groups is 1. The van der Waals surface area contributed by atoms with Crippen molar-refractivity contribution < 1.29 is 4.21 Å². The third-order valence-corrected chi connectivity index (χ3v) is 3.75. The second-order valence-corrected chi connectivity index (χ2v) is 5.25. The molecule has 0 aromatic heterocycles. The lowest BCUT2D eigenvalue weighted by atomic mass is 10.3. The number of anilines is 1. The smallest absolute Gasteiger partial charge is 0.208 e. The summed E-state index contributed by atoms with van der Waals surface area (Å²) in [6.07, 6.45) is 1.80. The van der Waals surface area contributed by atoms with Crippen LogP contribution in [0.25, 0.3) is 0 Å². The Labute approximate surface area is 114 Å². The fraction of sp³-hybridized carbons (Fsp3) is 0. The Balaban J connectivity index is 2.00. The highest BCUT2D eigenvalue weighted by atomic mass is 32.2. The SMILES string of the molecule is O=S1C=CN(c2ccccc2)C1=Nc1ccccc1. The minimum atomic E-state index is -1.20. The number of aliphatic imine (C=N–C) groups is 1. The van der Waals surface area contributed by atoms with Crippen LogP contribution in [-0.2, 0) is 10.8 Å². The average molecular weight is 268 g/mol. The lowest BCUT2D eigenvalue weighted by Gasteiger charge is -2.15. The van der Waals surface area contributed by atoms with E-state index in [9.17, 15) is 4.21 Å². The van der Waals surface area contributed by atoms with Gasteiger partial charge in [-0.05, 0) is 24.3 Å². The molecule has 0 aliphatic carbocycles. The maximum absolute atomic E-state index is 12.0. The summed E-state index contributed by atoms with van der Waals surface area (Å²) in [4.78, 5) is 6.33. The first-order valence-corrected chi connectivity index (χ1v) is 7.13. The molecule has 0 bridgehead atoms. The van der Waals surface area contributed by atoms with Crippen LogP contribution in [0.3, 0.4) is 0 Å². The molecule has 1 aliphatic rings. The van der Waals surface area contributed by atoms with Crippen molar-refractivity contribution in [3.8, 4) is 0 Å². The monoisotopic (exact) mass is 268 g/mol. The van der Waals surface area contributed by atoms with E-state index in [1.54, 1.807) is 11.6 Å². The lowest BCUT2D eigenvalue weighted by Crippen LogP contribution is -2.22. The molecule has 19 heavy (non-hydrogen) atoms. The second-order valence-electron chi connectivity index (χ2n) is 4.02. The van der Waals surface area contributed by atoms with Crippen LogP contribution in [0.1, 0.15) is 0 Å². The lowest BCUT2D eigenvalue weighted by molar-refractivity contribution is 0.694. The van der Waals surface area contributed by atoms with Crippen molar-refractivity contribution in [2.45, 2.75) is 0 Å². The molecule has 0 spiro atoms. The van der Waals surface area contributed by atoms with E-state index in [-0.39, 0.29) is 0 Å². The Morgan fingerprint density at radius 2 is 1.53 bits per heavy atom.